The number of hydrogen-bond acceptors (Lipinski definition) is 8. The average molecular weight is 356 g/mol. The Kier molecular flexibility index (Phi) is 5.04. The van der Waals surface area contributed by atoms with Crippen LogP contribution < -0.4 is 5.32 Å². The van der Waals surface area contributed by atoms with E-state index in [0.29, 0.717) is 4.90 Å². The summed E-state index contributed by atoms with van der Waals surface area (Å²) in [6.45, 7) is 2.02. The van der Waals surface area contributed by atoms with Crippen LogP contribution in [0.3, 0.4) is 0 Å². The van der Waals surface area contributed by atoms with Gasteiger partial charge in [-0.05, 0) is 6.42 Å². The molecule has 2 saturated heterocycles. The van der Waals surface area contributed by atoms with Crippen molar-refractivity contribution in [1.82, 2.24) is 10.2 Å². The van der Waals surface area contributed by atoms with E-state index in [-0.39, 0.29) is 12.8 Å². The largest absolute Gasteiger partial charge is 0.481 e. The maximum atomic E-state index is 12.4. The van der Waals surface area contributed by atoms with Crippen molar-refractivity contribution in [3.8, 4) is 0 Å². The highest BCUT2D eigenvalue weighted by atomic mass is 16.6. The van der Waals surface area contributed by atoms with Crippen LogP contribution in [-0.4, -0.2) is 69.9 Å². The number of nitrogens with zero attached hydrogens (tertiary/aromatic N) is 1. The molecule has 11 nitrogen and oxygen atoms in total. The van der Waals surface area contributed by atoms with Gasteiger partial charge in [0.05, 0.1) is 6.04 Å². The van der Waals surface area contributed by atoms with Crippen molar-refractivity contribution in [2.45, 2.75) is 51.0 Å². The van der Waals surface area contributed by atoms with Crippen molar-refractivity contribution in [3.63, 3.8) is 0 Å². The molecule has 0 bridgehead atoms. The molecule has 2 aliphatic heterocycles. The van der Waals surface area contributed by atoms with E-state index < -0.39 is 59.9 Å². The second kappa shape index (κ2) is 6.87. The predicted molar refractivity (Wildman–Crippen MR) is 75.5 cm³/mol. The Morgan fingerprint density at radius 1 is 1.04 bits per heavy atom. The minimum atomic E-state index is -1.68. The molecule has 4 atom stereocenters. The van der Waals surface area contributed by atoms with Gasteiger partial charge >= 0.3 is 17.9 Å². The van der Waals surface area contributed by atoms with E-state index in [1.165, 1.54) is 0 Å². The van der Waals surface area contributed by atoms with Crippen molar-refractivity contribution >= 4 is 35.6 Å². The summed E-state index contributed by atoms with van der Waals surface area (Å²) in [5.41, 5.74) is 0. The van der Waals surface area contributed by atoms with Gasteiger partial charge in [-0.15, -0.1) is 0 Å². The van der Waals surface area contributed by atoms with Gasteiger partial charge < -0.3 is 19.9 Å². The highest BCUT2D eigenvalue weighted by molar-refractivity contribution is 6.13. The van der Waals surface area contributed by atoms with Gasteiger partial charge in [-0.25, -0.2) is 0 Å². The van der Waals surface area contributed by atoms with Crippen LogP contribution in [-0.2, 0) is 38.2 Å². The topological polar surface area (TPSA) is 156 Å². The smallest absolute Gasteiger partial charge is 0.303 e. The summed E-state index contributed by atoms with van der Waals surface area (Å²) in [7, 11) is 0. The molecule has 4 unspecified atom stereocenters. The molecule has 2 rings (SSSR count). The fourth-order valence-corrected chi connectivity index (χ4v) is 2.74. The Hall–Kier alpha value is -2.98. The number of nitrogens with one attached hydrogen (secondary N) is 1. The van der Waals surface area contributed by atoms with E-state index in [1.807, 2.05) is 0 Å². The fourth-order valence-electron chi connectivity index (χ4n) is 2.74. The second-order valence-electron chi connectivity index (χ2n) is 5.60. The van der Waals surface area contributed by atoms with E-state index in [1.54, 1.807) is 0 Å². The third-order valence-electron chi connectivity index (χ3n) is 3.75. The Morgan fingerprint density at radius 2 is 1.52 bits per heavy atom. The second-order valence-corrected chi connectivity index (χ2v) is 5.60. The lowest BCUT2D eigenvalue weighted by Gasteiger charge is -2.40. The molecule has 0 spiro atoms. The monoisotopic (exact) mass is 356 g/mol. The minimum absolute atomic E-state index is 0.000730. The molecule has 0 aliphatic carbocycles. The van der Waals surface area contributed by atoms with E-state index in [2.05, 4.69) is 5.32 Å². The lowest BCUT2D eigenvalue weighted by Crippen LogP contribution is -2.70. The van der Waals surface area contributed by atoms with E-state index in [4.69, 9.17) is 14.6 Å². The first-order valence-electron chi connectivity index (χ1n) is 7.37. The van der Waals surface area contributed by atoms with Crippen LogP contribution in [0.2, 0.25) is 0 Å². The van der Waals surface area contributed by atoms with Crippen LogP contribution in [0.5, 0.6) is 0 Å². The van der Waals surface area contributed by atoms with Gasteiger partial charge in [0.1, 0.15) is 6.04 Å². The number of carboxylic acid groups (broad SMARTS) is 1. The highest BCUT2D eigenvalue weighted by Gasteiger charge is 2.59. The van der Waals surface area contributed by atoms with Crippen molar-refractivity contribution in [2.24, 2.45) is 0 Å². The molecule has 0 aromatic heterocycles. The number of rotatable bonds is 6. The summed E-state index contributed by atoms with van der Waals surface area (Å²) in [6.07, 6.45) is -3.64. The summed E-state index contributed by atoms with van der Waals surface area (Å²) < 4.78 is 9.54. The molecule has 2 aliphatic rings. The Bertz CT molecular complexity index is 625. The van der Waals surface area contributed by atoms with Gasteiger partial charge in [-0.2, -0.15) is 0 Å². The van der Waals surface area contributed by atoms with Crippen LogP contribution in [0.15, 0.2) is 0 Å². The molecule has 136 valence electrons. The first kappa shape index (κ1) is 18.4. The van der Waals surface area contributed by atoms with Gasteiger partial charge in [-0.1, -0.05) is 0 Å². The molecule has 25 heavy (non-hydrogen) atoms. The molecule has 2 heterocycles. The van der Waals surface area contributed by atoms with Gasteiger partial charge in [-0.3, -0.25) is 33.7 Å². The number of likely N-dealkylation sites (tertiary alicyclic amines) is 1. The van der Waals surface area contributed by atoms with Crippen LogP contribution in [0.1, 0.15) is 26.7 Å². The number of hydrogen-bond donors (Lipinski definition) is 2. The number of esters is 2. The number of amides is 3. The molecule has 2 N–H and O–H groups in total. The fraction of sp³-hybridized carbons (Fsp3) is 0.571. The van der Waals surface area contributed by atoms with Crippen LogP contribution in [0, 0.1) is 0 Å². The van der Waals surface area contributed by atoms with Gasteiger partial charge in [0.25, 0.3) is 11.8 Å². The quantitative estimate of drug-likeness (QED) is 0.310. The van der Waals surface area contributed by atoms with Crippen molar-refractivity contribution < 1.29 is 43.3 Å². The standard InChI is InChI=1S/C14H16N2O9/c1-5(17)24-10-11(25-6(2)18)14(23)16(13(10)22)9-7(15-12(9)21)3-4-8(19)20/h7,9-11H,3-4H2,1-2H3,(H,15,21)(H,19,20). The molecule has 0 radical (unpaired) electrons. The third kappa shape index (κ3) is 3.59. The number of imide groups is 1. The summed E-state index contributed by atoms with van der Waals surface area (Å²) in [5.74, 6) is -5.48. The predicted octanol–water partition coefficient (Wildman–Crippen LogP) is -2.05. The normalized spacial score (nSPS) is 28.2. The maximum Gasteiger partial charge on any atom is 0.303 e. The van der Waals surface area contributed by atoms with Crippen molar-refractivity contribution in [3.05, 3.63) is 0 Å². The maximum absolute atomic E-state index is 12.4. The first-order chi connectivity index (χ1) is 11.6. The molecule has 2 fully saturated rings. The first-order valence-corrected chi connectivity index (χ1v) is 7.37. The van der Waals surface area contributed by atoms with Gasteiger partial charge in [0.15, 0.2) is 0 Å². The van der Waals surface area contributed by atoms with E-state index in [9.17, 15) is 28.8 Å². The zero-order valence-corrected chi connectivity index (χ0v) is 13.4. The number of carboxylic acids is 1. The Labute approximate surface area is 141 Å². The summed E-state index contributed by atoms with van der Waals surface area (Å²) in [6, 6.07) is -1.98. The molecular formula is C14H16N2O9. The van der Waals surface area contributed by atoms with Crippen molar-refractivity contribution in [2.75, 3.05) is 0 Å². The summed E-state index contributed by atoms with van der Waals surface area (Å²) in [4.78, 5) is 70.2. The molecular weight excluding hydrogens is 340 g/mol. The number of carbonyl (C=O) groups excluding carboxylic acids is 5. The zero-order chi connectivity index (χ0) is 18.9. The molecule has 0 saturated carbocycles. The minimum Gasteiger partial charge on any atom is -0.481 e. The highest BCUT2D eigenvalue weighted by Crippen LogP contribution is 2.28. The van der Waals surface area contributed by atoms with Crippen LogP contribution in [0.25, 0.3) is 0 Å². The van der Waals surface area contributed by atoms with Crippen LogP contribution in [0.4, 0.5) is 0 Å². The average Bonchev–Trinajstić information content (AvgIpc) is 2.68. The van der Waals surface area contributed by atoms with Gasteiger partial charge in [0, 0.05) is 20.3 Å². The molecule has 0 aromatic rings. The number of β-lactam (4-membered cyclic amide) rings is 1. The lowest BCUT2D eigenvalue weighted by atomic mass is 9.93. The summed E-state index contributed by atoms with van der Waals surface area (Å²) >= 11 is 0. The van der Waals surface area contributed by atoms with E-state index in [0.717, 1.165) is 13.8 Å². The molecule has 11 heteroatoms. The number of aliphatic carboxylic acids is 1. The number of ether oxygens (including phenoxy) is 2. The molecule has 3 amide bonds. The Balaban J connectivity index is 2.24. The molecule has 0 aromatic carbocycles. The SMILES string of the molecule is CC(=O)OC1C(=O)N(C2C(=O)NC2CCC(=O)O)C(=O)C1OC(C)=O. The lowest BCUT2D eigenvalue weighted by molar-refractivity contribution is -0.167. The van der Waals surface area contributed by atoms with Crippen LogP contribution >= 0.6 is 0 Å². The zero-order valence-electron chi connectivity index (χ0n) is 13.4. The Morgan fingerprint density at radius 3 is 1.88 bits per heavy atom. The van der Waals surface area contributed by atoms with Gasteiger partial charge in [0.2, 0.25) is 18.1 Å². The summed E-state index contributed by atoms with van der Waals surface area (Å²) in [5, 5.41) is 11.1. The number of carbonyl (C=O) groups is 6. The van der Waals surface area contributed by atoms with Crippen molar-refractivity contribution in [1.29, 1.82) is 0 Å². The van der Waals surface area contributed by atoms with E-state index >= 15 is 0 Å². The third-order valence-corrected chi connectivity index (χ3v) is 3.75.